The second kappa shape index (κ2) is 10.1. The number of hydrogen-bond acceptors (Lipinski definition) is 3. The van der Waals surface area contributed by atoms with E-state index in [0.29, 0.717) is 0 Å². The van der Waals surface area contributed by atoms with Crippen molar-refractivity contribution >= 4 is 65.3 Å². The van der Waals surface area contributed by atoms with Crippen molar-refractivity contribution < 1.29 is 4.42 Å². The summed E-state index contributed by atoms with van der Waals surface area (Å²) in [5.41, 5.74) is 10.4. The quantitative estimate of drug-likeness (QED) is 0.190. The van der Waals surface area contributed by atoms with Crippen LogP contribution >= 0.6 is 0 Å². The Morgan fingerprint density at radius 3 is 1.64 bits per heavy atom. The summed E-state index contributed by atoms with van der Waals surface area (Å²) in [5, 5.41) is 9.23. The lowest BCUT2D eigenvalue weighted by Crippen LogP contribution is -1.92. The third-order valence-electron chi connectivity index (χ3n) is 9.54. The van der Waals surface area contributed by atoms with Gasteiger partial charge in [-0.15, -0.1) is 0 Å². The number of furan rings is 1. The smallest absolute Gasteiger partial charge is 0.143 e. The van der Waals surface area contributed by atoms with Crippen molar-refractivity contribution in [2.45, 2.75) is 0 Å². The van der Waals surface area contributed by atoms with Gasteiger partial charge in [0.15, 0.2) is 0 Å². The van der Waals surface area contributed by atoms with Gasteiger partial charge in [-0.2, -0.15) is 0 Å². The maximum absolute atomic E-state index is 6.46. The van der Waals surface area contributed by atoms with E-state index in [0.717, 1.165) is 66.1 Å². The van der Waals surface area contributed by atoms with E-state index in [2.05, 4.69) is 138 Å². The minimum absolute atomic E-state index is 0.910. The van der Waals surface area contributed by atoms with Gasteiger partial charge in [-0.3, -0.25) is 4.98 Å². The second-order valence-corrected chi connectivity index (χ2v) is 12.1. The predicted octanol–water partition coefficient (Wildman–Crippen LogP) is 12.0. The number of fused-ring (bicyclic) bond motifs is 8. The van der Waals surface area contributed by atoms with Crippen LogP contribution in [0.1, 0.15) is 0 Å². The summed E-state index contributed by atoms with van der Waals surface area (Å²) in [6.07, 6.45) is 1.84. The summed E-state index contributed by atoms with van der Waals surface area (Å²) in [5.74, 6) is 0. The molecule has 0 spiro atoms. The first-order valence-electron chi connectivity index (χ1n) is 15.9. The molecule has 3 nitrogen and oxygen atoms in total. The Bertz CT molecular complexity index is 2860. The first kappa shape index (κ1) is 26.0. The van der Waals surface area contributed by atoms with E-state index < -0.39 is 0 Å². The van der Waals surface area contributed by atoms with Crippen molar-refractivity contribution in [3.05, 3.63) is 158 Å². The van der Waals surface area contributed by atoms with Gasteiger partial charge in [-0.25, -0.2) is 4.98 Å². The fourth-order valence-corrected chi connectivity index (χ4v) is 7.36. The third-order valence-corrected chi connectivity index (χ3v) is 9.54. The number of rotatable bonds is 3. The van der Waals surface area contributed by atoms with E-state index in [1.807, 2.05) is 24.4 Å². The van der Waals surface area contributed by atoms with Crippen LogP contribution in [0.15, 0.2) is 162 Å². The van der Waals surface area contributed by atoms with Crippen molar-refractivity contribution in [3.8, 4) is 33.5 Å². The molecule has 3 aromatic heterocycles. The minimum atomic E-state index is 0.910. The van der Waals surface area contributed by atoms with Gasteiger partial charge in [0.1, 0.15) is 11.2 Å². The van der Waals surface area contributed by atoms with Crippen molar-refractivity contribution in [1.29, 1.82) is 0 Å². The molecule has 218 valence electrons. The molecular weight excluding hydrogens is 572 g/mol. The molecule has 10 rings (SSSR count). The molecular formula is C44H26N2O. The number of pyridine rings is 2. The Morgan fingerprint density at radius 1 is 0.362 bits per heavy atom. The van der Waals surface area contributed by atoms with Crippen LogP contribution in [0, 0.1) is 0 Å². The fraction of sp³-hybridized carbons (Fsp3) is 0. The molecule has 0 amide bonds. The molecule has 0 atom stereocenters. The molecule has 0 fully saturated rings. The molecule has 0 aliphatic heterocycles. The molecule has 7 aromatic carbocycles. The van der Waals surface area contributed by atoms with Crippen molar-refractivity contribution in [3.63, 3.8) is 0 Å². The van der Waals surface area contributed by atoms with Crippen LogP contribution in [0.2, 0.25) is 0 Å². The Morgan fingerprint density at radius 2 is 0.915 bits per heavy atom. The van der Waals surface area contributed by atoms with Crippen LogP contribution in [-0.2, 0) is 0 Å². The number of benzene rings is 7. The molecule has 0 aliphatic carbocycles. The number of nitrogens with zero attached hydrogens (tertiary/aromatic N) is 2. The van der Waals surface area contributed by atoms with Crippen molar-refractivity contribution in [2.75, 3.05) is 0 Å². The second-order valence-electron chi connectivity index (χ2n) is 12.1. The molecule has 0 bridgehead atoms. The molecule has 47 heavy (non-hydrogen) atoms. The maximum Gasteiger partial charge on any atom is 0.143 e. The lowest BCUT2D eigenvalue weighted by atomic mass is 9.88. The summed E-state index contributed by atoms with van der Waals surface area (Å²) in [6.45, 7) is 0. The van der Waals surface area contributed by atoms with E-state index in [-0.39, 0.29) is 0 Å². The highest BCUT2D eigenvalue weighted by Crippen LogP contribution is 2.43. The van der Waals surface area contributed by atoms with Crippen molar-refractivity contribution in [2.24, 2.45) is 0 Å². The zero-order valence-corrected chi connectivity index (χ0v) is 25.3. The molecule has 3 heteroatoms. The normalized spacial score (nSPS) is 11.8. The zero-order valence-electron chi connectivity index (χ0n) is 25.3. The summed E-state index contributed by atoms with van der Waals surface area (Å²) in [4.78, 5) is 9.87. The minimum Gasteiger partial charge on any atom is -0.455 e. The number of hydrogen-bond donors (Lipinski definition) is 0. The topological polar surface area (TPSA) is 38.9 Å². The van der Waals surface area contributed by atoms with Crippen LogP contribution in [-0.4, -0.2) is 9.97 Å². The lowest BCUT2D eigenvalue weighted by Gasteiger charge is -2.16. The Hall–Kier alpha value is -6.32. The van der Waals surface area contributed by atoms with Gasteiger partial charge in [0.25, 0.3) is 0 Å². The van der Waals surface area contributed by atoms with Gasteiger partial charge in [-0.05, 0) is 56.4 Å². The number of aromatic nitrogens is 2. The van der Waals surface area contributed by atoms with Gasteiger partial charge in [-0.1, -0.05) is 133 Å². The Balaban J connectivity index is 1.17. The van der Waals surface area contributed by atoms with Crippen LogP contribution < -0.4 is 0 Å². The molecule has 3 heterocycles. The molecule has 10 aromatic rings. The fourth-order valence-electron chi connectivity index (χ4n) is 7.36. The van der Waals surface area contributed by atoms with E-state index in [4.69, 9.17) is 9.40 Å². The highest BCUT2D eigenvalue weighted by Gasteiger charge is 2.17. The summed E-state index contributed by atoms with van der Waals surface area (Å²) >= 11 is 0. The SMILES string of the molecule is c1cnc2c(c1)ccc1ccc(-c3ccc(-c4ccc(-c5cccc6c5oc5ccccc56)c5ccccc45)c4ccccc34)nc12. The number of para-hydroxylation sites is 2. The van der Waals surface area contributed by atoms with E-state index in [1.165, 1.54) is 32.7 Å². The highest BCUT2D eigenvalue weighted by atomic mass is 16.3. The van der Waals surface area contributed by atoms with Crippen LogP contribution in [0.3, 0.4) is 0 Å². The molecule has 0 radical (unpaired) electrons. The molecule has 0 unspecified atom stereocenters. The van der Waals surface area contributed by atoms with Gasteiger partial charge in [0.05, 0.1) is 16.7 Å². The first-order chi connectivity index (χ1) is 23.3. The molecule has 0 aliphatic rings. The Kier molecular flexibility index (Phi) is 5.57. The van der Waals surface area contributed by atoms with Gasteiger partial charge < -0.3 is 4.42 Å². The van der Waals surface area contributed by atoms with Gasteiger partial charge >= 0.3 is 0 Å². The largest absolute Gasteiger partial charge is 0.455 e. The first-order valence-corrected chi connectivity index (χ1v) is 15.9. The zero-order chi connectivity index (χ0) is 30.9. The summed E-state index contributed by atoms with van der Waals surface area (Å²) in [6, 6.07) is 53.7. The van der Waals surface area contributed by atoms with Gasteiger partial charge in [0, 0.05) is 38.9 Å². The standard InChI is InChI=1S/C44H26N2O/c1-2-11-30-29(10-1)33(21-22-35(30)38-15-7-16-39-37-14-5-6-17-41(37)47-44(38)39)34-23-24-36(32-13-4-3-12-31(32)34)40-25-20-28-19-18-27-9-8-26-45-42(27)43(28)46-40/h1-26H. The van der Waals surface area contributed by atoms with Gasteiger partial charge in [0.2, 0.25) is 0 Å². The maximum atomic E-state index is 6.46. The molecule has 0 saturated carbocycles. The monoisotopic (exact) mass is 598 g/mol. The van der Waals surface area contributed by atoms with Crippen molar-refractivity contribution in [1.82, 2.24) is 9.97 Å². The van der Waals surface area contributed by atoms with E-state index >= 15 is 0 Å². The van der Waals surface area contributed by atoms with E-state index in [9.17, 15) is 0 Å². The average molecular weight is 599 g/mol. The highest BCUT2D eigenvalue weighted by molar-refractivity contribution is 6.16. The molecule has 0 saturated heterocycles. The predicted molar refractivity (Wildman–Crippen MR) is 196 cm³/mol. The summed E-state index contributed by atoms with van der Waals surface area (Å²) < 4.78 is 6.46. The van der Waals surface area contributed by atoms with Crippen LogP contribution in [0.4, 0.5) is 0 Å². The Labute approximate surface area is 270 Å². The lowest BCUT2D eigenvalue weighted by molar-refractivity contribution is 0.670. The van der Waals surface area contributed by atoms with E-state index in [1.54, 1.807) is 0 Å². The molecule has 0 N–H and O–H groups in total. The average Bonchev–Trinajstić information content (AvgIpc) is 3.53. The van der Waals surface area contributed by atoms with Crippen LogP contribution in [0.25, 0.3) is 98.8 Å². The van der Waals surface area contributed by atoms with Crippen LogP contribution in [0.5, 0.6) is 0 Å². The third kappa shape index (κ3) is 3.93. The summed E-state index contributed by atoms with van der Waals surface area (Å²) in [7, 11) is 0.